The monoisotopic (exact) mass is 280 g/mol. The zero-order valence-corrected chi connectivity index (χ0v) is 11.4. The molecule has 0 aliphatic carbocycles. The summed E-state index contributed by atoms with van der Waals surface area (Å²) >= 11 is 0. The van der Waals surface area contributed by atoms with Crippen LogP contribution in [0.25, 0.3) is 0 Å². The average molecular weight is 280 g/mol. The molecule has 0 amide bonds. The number of hydrogen-bond donors (Lipinski definition) is 3. The molecule has 2 atom stereocenters. The molecule has 2 heterocycles. The third-order valence-electron chi connectivity index (χ3n) is 3.29. The van der Waals surface area contributed by atoms with Crippen LogP contribution in [0.2, 0.25) is 0 Å². The standard InChI is InChI=1S/C13H20N4O3/c1-17-11(12(14)15-9-16-17)3-2-6-13(19)7-4-10(20-13)5-8-18/h2-3,6,9-10,18-19H,4-5,7-8H2,1H3,(H2,14,15,16)/b6-2+,11-3-. The van der Waals surface area contributed by atoms with Gasteiger partial charge in [0.05, 0.1) is 6.10 Å². The highest BCUT2D eigenvalue weighted by atomic mass is 16.6. The van der Waals surface area contributed by atoms with Crippen molar-refractivity contribution in [1.29, 1.82) is 0 Å². The second-order valence-corrected chi connectivity index (χ2v) is 4.82. The van der Waals surface area contributed by atoms with E-state index >= 15 is 0 Å². The second-order valence-electron chi connectivity index (χ2n) is 4.82. The molecule has 0 spiro atoms. The van der Waals surface area contributed by atoms with E-state index in [9.17, 15) is 5.11 Å². The van der Waals surface area contributed by atoms with Gasteiger partial charge in [-0.2, -0.15) is 5.10 Å². The number of aliphatic hydroxyl groups is 2. The zero-order valence-electron chi connectivity index (χ0n) is 11.4. The van der Waals surface area contributed by atoms with E-state index in [0.29, 0.717) is 24.4 Å². The summed E-state index contributed by atoms with van der Waals surface area (Å²) in [6, 6.07) is 0. The van der Waals surface area contributed by atoms with E-state index in [1.165, 1.54) is 6.34 Å². The molecule has 7 nitrogen and oxygen atoms in total. The summed E-state index contributed by atoms with van der Waals surface area (Å²) in [5.74, 6) is -0.913. The molecule has 1 saturated heterocycles. The van der Waals surface area contributed by atoms with Crippen molar-refractivity contribution in [2.24, 2.45) is 15.8 Å². The van der Waals surface area contributed by atoms with Gasteiger partial charge in [-0.05, 0) is 25.0 Å². The van der Waals surface area contributed by atoms with Gasteiger partial charge in [0.2, 0.25) is 0 Å². The van der Waals surface area contributed by atoms with Crippen molar-refractivity contribution in [2.45, 2.75) is 31.2 Å². The molecule has 2 aliphatic rings. The minimum atomic E-state index is -1.28. The van der Waals surface area contributed by atoms with Gasteiger partial charge in [0.15, 0.2) is 11.6 Å². The lowest BCUT2D eigenvalue weighted by molar-refractivity contribution is -0.157. The van der Waals surface area contributed by atoms with Crippen molar-refractivity contribution in [3.63, 3.8) is 0 Å². The lowest BCUT2D eigenvalue weighted by Crippen LogP contribution is -2.28. The normalized spacial score (nSPS) is 32.4. The number of likely N-dealkylation sites (N-methyl/N-ethyl adjacent to an activating group) is 1. The molecule has 20 heavy (non-hydrogen) atoms. The smallest absolute Gasteiger partial charge is 0.185 e. The van der Waals surface area contributed by atoms with Gasteiger partial charge < -0.3 is 20.7 Å². The van der Waals surface area contributed by atoms with Gasteiger partial charge in [-0.25, -0.2) is 4.99 Å². The van der Waals surface area contributed by atoms with Crippen LogP contribution in [0, 0.1) is 0 Å². The maximum Gasteiger partial charge on any atom is 0.185 e. The van der Waals surface area contributed by atoms with Crippen LogP contribution in [0.1, 0.15) is 19.3 Å². The first-order valence-electron chi connectivity index (χ1n) is 6.54. The quantitative estimate of drug-likeness (QED) is 0.668. The summed E-state index contributed by atoms with van der Waals surface area (Å²) in [6.45, 7) is 0.0598. The fraction of sp³-hybridized carbons (Fsp3) is 0.538. The zero-order chi connectivity index (χ0) is 14.6. The van der Waals surface area contributed by atoms with Crippen LogP contribution in [-0.4, -0.2) is 52.9 Å². The predicted octanol–water partition coefficient (Wildman–Crippen LogP) is -0.0776. The molecule has 2 aliphatic heterocycles. The molecule has 110 valence electrons. The van der Waals surface area contributed by atoms with Crippen molar-refractivity contribution >= 4 is 12.2 Å². The van der Waals surface area contributed by atoms with Crippen molar-refractivity contribution in [2.75, 3.05) is 13.7 Å². The lowest BCUT2D eigenvalue weighted by Gasteiger charge is -2.20. The molecule has 0 bridgehead atoms. The number of aliphatic imine (C=N–C) groups is 1. The molecular weight excluding hydrogens is 260 g/mol. The molecule has 4 N–H and O–H groups in total. The Balaban J connectivity index is 2.00. The van der Waals surface area contributed by atoms with Crippen molar-refractivity contribution in [1.82, 2.24) is 5.01 Å². The Kier molecular flexibility index (Phi) is 4.53. The van der Waals surface area contributed by atoms with Crippen LogP contribution in [0.3, 0.4) is 0 Å². The van der Waals surface area contributed by atoms with E-state index in [0.717, 1.165) is 6.42 Å². The number of aliphatic hydroxyl groups excluding tert-OH is 1. The van der Waals surface area contributed by atoms with Gasteiger partial charge in [0, 0.05) is 20.1 Å². The Morgan fingerprint density at radius 3 is 3.15 bits per heavy atom. The van der Waals surface area contributed by atoms with E-state index in [2.05, 4.69) is 10.1 Å². The van der Waals surface area contributed by atoms with Crippen molar-refractivity contribution in [3.8, 4) is 0 Å². The Morgan fingerprint density at radius 1 is 1.65 bits per heavy atom. The molecule has 2 rings (SSSR count). The van der Waals surface area contributed by atoms with Crippen LogP contribution >= 0.6 is 0 Å². The molecule has 0 radical (unpaired) electrons. The Morgan fingerprint density at radius 2 is 2.45 bits per heavy atom. The third-order valence-corrected chi connectivity index (χ3v) is 3.29. The average Bonchev–Trinajstić information content (AvgIpc) is 2.76. The molecule has 2 unspecified atom stereocenters. The molecule has 0 aromatic rings. The molecule has 1 fully saturated rings. The van der Waals surface area contributed by atoms with E-state index in [-0.39, 0.29) is 12.7 Å². The van der Waals surface area contributed by atoms with Crippen LogP contribution in [0.4, 0.5) is 0 Å². The van der Waals surface area contributed by atoms with E-state index in [4.69, 9.17) is 15.6 Å². The molecule has 0 aromatic carbocycles. The van der Waals surface area contributed by atoms with Crippen molar-refractivity contribution in [3.05, 3.63) is 23.9 Å². The Hall–Kier alpha value is -1.70. The summed E-state index contributed by atoms with van der Waals surface area (Å²) in [6.07, 6.45) is 8.03. The topological polar surface area (TPSA) is 104 Å². The minimum absolute atomic E-state index is 0.0598. The van der Waals surface area contributed by atoms with Gasteiger partial charge in [-0.1, -0.05) is 6.08 Å². The highest BCUT2D eigenvalue weighted by Gasteiger charge is 2.35. The lowest BCUT2D eigenvalue weighted by atomic mass is 10.1. The van der Waals surface area contributed by atoms with Gasteiger partial charge in [-0.15, -0.1) is 0 Å². The second kappa shape index (κ2) is 6.17. The van der Waals surface area contributed by atoms with Gasteiger partial charge in [0.1, 0.15) is 12.0 Å². The number of nitrogens with zero attached hydrogens (tertiary/aromatic N) is 3. The number of rotatable bonds is 4. The maximum absolute atomic E-state index is 10.2. The number of nitrogens with two attached hydrogens (primary N) is 1. The van der Waals surface area contributed by atoms with Crippen LogP contribution in [-0.2, 0) is 4.74 Å². The summed E-state index contributed by atoms with van der Waals surface area (Å²) in [4.78, 5) is 3.90. The first kappa shape index (κ1) is 14.7. The van der Waals surface area contributed by atoms with Gasteiger partial charge in [0.25, 0.3) is 0 Å². The van der Waals surface area contributed by atoms with Crippen LogP contribution in [0.15, 0.2) is 34.0 Å². The number of hydrazone groups is 1. The fourth-order valence-corrected chi connectivity index (χ4v) is 2.19. The van der Waals surface area contributed by atoms with Gasteiger partial charge in [-0.3, -0.25) is 5.01 Å². The Labute approximate surface area is 117 Å². The number of amidine groups is 1. The van der Waals surface area contributed by atoms with Crippen molar-refractivity contribution < 1.29 is 14.9 Å². The summed E-state index contributed by atoms with van der Waals surface area (Å²) in [7, 11) is 1.76. The number of ether oxygens (including phenoxy) is 1. The highest BCUT2D eigenvalue weighted by Crippen LogP contribution is 2.30. The molecular formula is C13H20N4O3. The van der Waals surface area contributed by atoms with Gasteiger partial charge >= 0.3 is 0 Å². The minimum Gasteiger partial charge on any atom is -0.396 e. The third kappa shape index (κ3) is 3.44. The first-order chi connectivity index (χ1) is 9.54. The predicted molar refractivity (Wildman–Crippen MR) is 75.9 cm³/mol. The van der Waals surface area contributed by atoms with E-state index in [1.807, 2.05) is 0 Å². The Bertz CT molecular complexity index is 472. The van der Waals surface area contributed by atoms with Crippen LogP contribution < -0.4 is 5.73 Å². The summed E-state index contributed by atoms with van der Waals surface area (Å²) in [5.41, 5.74) is 6.40. The number of hydrogen-bond acceptors (Lipinski definition) is 7. The van der Waals surface area contributed by atoms with E-state index < -0.39 is 5.79 Å². The SMILES string of the molecule is CN1N=CN=C(N)/C1=C/C=C/C1(O)CCC(CCO)O1. The first-order valence-corrected chi connectivity index (χ1v) is 6.54. The molecule has 0 saturated carbocycles. The molecule has 0 aromatic heterocycles. The van der Waals surface area contributed by atoms with E-state index in [1.54, 1.807) is 30.3 Å². The highest BCUT2D eigenvalue weighted by molar-refractivity contribution is 6.01. The van der Waals surface area contributed by atoms with Crippen LogP contribution in [0.5, 0.6) is 0 Å². The fourth-order valence-electron chi connectivity index (χ4n) is 2.19. The summed E-state index contributed by atoms with van der Waals surface area (Å²) in [5, 5.41) is 24.7. The number of allylic oxidation sites excluding steroid dienone is 2. The summed E-state index contributed by atoms with van der Waals surface area (Å²) < 4.78 is 5.51. The maximum atomic E-state index is 10.2. The molecule has 7 heteroatoms. The largest absolute Gasteiger partial charge is 0.396 e.